The van der Waals surface area contributed by atoms with Crippen LogP contribution in [-0.2, 0) is 17.9 Å². The average Bonchev–Trinajstić information content (AvgIpc) is 3.22. The molecular weight excluding hydrogens is 417 g/mol. The summed E-state index contributed by atoms with van der Waals surface area (Å²) in [4.78, 5) is 38.8. The average molecular weight is 437 g/mol. The Morgan fingerprint density at radius 3 is 2.52 bits per heavy atom. The van der Waals surface area contributed by atoms with Crippen LogP contribution in [0.4, 0.5) is 4.39 Å². The van der Waals surface area contributed by atoms with E-state index in [9.17, 15) is 18.8 Å². The molecule has 4 rings (SSSR count). The van der Waals surface area contributed by atoms with Crippen molar-refractivity contribution in [2.75, 3.05) is 0 Å². The summed E-state index contributed by atoms with van der Waals surface area (Å²) in [7, 11) is 0. The number of aryl methyl sites for hydroxylation is 2. The van der Waals surface area contributed by atoms with Gasteiger partial charge in [-0.15, -0.1) is 11.3 Å². The van der Waals surface area contributed by atoms with Crippen LogP contribution in [0.1, 0.15) is 16.7 Å². The molecule has 2 aromatic carbocycles. The first-order valence-electron chi connectivity index (χ1n) is 9.67. The third-order valence-corrected chi connectivity index (χ3v) is 5.96. The van der Waals surface area contributed by atoms with Crippen LogP contribution in [0.5, 0.6) is 0 Å². The van der Waals surface area contributed by atoms with E-state index >= 15 is 0 Å². The van der Waals surface area contributed by atoms with Crippen LogP contribution < -0.4 is 16.6 Å². The molecule has 0 aliphatic rings. The zero-order valence-corrected chi connectivity index (χ0v) is 17.8. The quantitative estimate of drug-likeness (QED) is 0.521. The Bertz CT molecular complexity index is 1400. The van der Waals surface area contributed by atoms with Gasteiger partial charge in [0.25, 0.3) is 5.56 Å². The zero-order chi connectivity index (χ0) is 22.1. The van der Waals surface area contributed by atoms with Crippen LogP contribution in [-0.4, -0.2) is 15.0 Å². The van der Waals surface area contributed by atoms with Crippen LogP contribution in [0.2, 0.25) is 0 Å². The van der Waals surface area contributed by atoms with Gasteiger partial charge in [-0.1, -0.05) is 29.8 Å². The van der Waals surface area contributed by atoms with Gasteiger partial charge in [0.1, 0.15) is 17.1 Å². The standard InChI is InChI=1S/C23H20FN3O3S/c1-14-3-5-16(6-4-14)12-25-20(28)13-26-19-9-10-31-21(19)22(29)27(23(26)30)18-8-7-17(24)11-15(18)2/h3-11H,12-13H2,1-2H3,(H,25,28). The van der Waals surface area contributed by atoms with Crippen LogP contribution in [0, 0.1) is 19.7 Å². The van der Waals surface area contributed by atoms with Crippen molar-refractivity contribution in [3.63, 3.8) is 0 Å². The lowest BCUT2D eigenvalue weighted by molar-refractivity contribution is -0.121. The normalized spacial score (nSPS) is 11.1. The molecule has 0 aliphatic heterocycles. The minimum atomic E-state index is -0.643. The first kappa shape index (κ1) is 20.7. The van der Waals surface area contributed by atoms with E-state index in [1.54, 1.807) is 18.4 Å². The largest absolute Gasteiger partial charge is 0.350 e. The predicted molar refractivity (Wildman–Crippen MR) is 119 cm³/mol. The Morgan fingerprint density at radius 2 is 1.81 bits per heavy atom. The summed E-state index contributed by atoms with van der Waals surface area (Å²) < 4.78 is 16.2. The first-order chi connectivity index (χ1) is 14.8. The van der Waals surface area contributed by atoms with Crippen molar-refractivity contribution in [3.8, 4) is 5.69 Å². The summed E-state index contributed by atoms with van der Waals surface area (Å²) in [5, 5.41) is 4.51. The van der Waals surface area contributed by atoms with E-state index < -0.39 is 17.1 Å². The topological polar surface area (TPSA) is 73.1 Å². The molecule has 4 aromatic rings. The third kappa shape index (κ3) is 4.06. The zero-order valence-electron chi connectivity index (χ0n) is 17.0. The minimum Gasteiger partial charge on any atom is -0.350 e. The summed E-state index contributed by atoms with van der Waals surface area (Å²) in [6, 6.07) is 13.3. The maximum absolute atomic E-state index is 13.5. The number of amides is 1. The number of nitrogens with one attached hydrogen (secondary N) is 1. The second-order valence-corrected chi connectivity index (χ2v) is 8.25. The molecule has 0 fully saturated rings. The van der Waals surface area contributed by atoms with E-state index in [0.717, 1.165) is 15.7 Å². The first-order valence-corrected chi connectivity index (χ1v) is 10.5. The van der Waals surface area contributed by atoms with E-state index in [0.29, 0.717) is 28.0 Å². The minimum absolute atomic E-state index is 0.238. The van der Waals surface area contributed by atoms with Crippen LogP contribution in [0.25, 0.3) is 15.9 Å². The summed E-state index contributed by atoms with van der Waals surface area (Å²) in [5.74, 6) is -0.807. The lowest BCUT2D eigenvalue weighted by atomic mass is 10.1. The second kappa shape index (κ2) is 8.31. The Balaban J connectivity index is 1.71. The number of hydrogen-bond acceptors (Lipinski definition) is 4. The highest BCUT2D eigenvalue weighted by molar-refractivity contribution is 7.17. The summed E-state index contributed by atoms with van der Waals surface area (Å²) in [6.07, 6.45) is 0. The molecule has 0 bridgehead atoms. The SMILES string of the molecule is Cc1ccc(CNC(=O)Cn2c(=O)n(-c3ccc(F)cc3C)c(=O)c3sccc32)cc1. The van der Waals surface area contributed by atoms with Crippen LogP contribution in [0.3, 0.4) is 0 Å². The molecule has 2 aromatic heterocycles. The van der Waals surface area contributed by atoms with Crippen molar-refractivity contribution < 1.29 is 9.18 Å². The number of fused-ring (bicyclic) bond motifs is 1. The fourth-order valence-corrected chi connectivity index (χ4v) is 4.25. The lowest BCUT2D eigenvalue weighted by Gasteiger charge is -2.14. The molecule has 8 heteroatoms. The van der Waals surface area contributed by atoms with Crippen molar-refractivity contribution in [2.45, 2.75) is 26.9 Å². The van der Waals surface area contributed by atoms with Gasteiger partial charge in [0.2, 0.25) is 5.91 Å². The molecule has 0 radical (unpaired) electrons. The number of thiophene rings is 1. The Kier molecular flexibility index (Phi) is 5.56. The summed E-state index contributed by atoms with van der Waals surface area (Å²) in [5.41, 5.74) is 2.09. The Hall–Kier alpha value is -3.52. The van der Waals surface area contributed by atoms with E-state index in [4.69, 9.17) is 0 Å². The van der Waals surface area contributed by atoms with Gasteiger partial charge in [-0.05, 0) is 54.6 Å². The Labute approximate surface area is 181 Å². The molecule has 0 saturated heterocycles. The second-order valence-electron chi connectivity index (χ2n) is 7.34. The molecule has 6 nitrogen and oxygen atoms in total. The van der Waals surface area contributed by atoms with Gasteiger partial charge in [0, 0.05) is 6.54 Å². The molecule has 31 heavy (non-hydrogen) atoms. The molecule has 0 spiro atoms. The maximum atomic E-state index is 13.5. The van der Waals surface area contributed by atoms with E-state index in [1.807, 2.05) is 31.2 Å². The molecule has 1 amide bonds. The molecule has 0 aliphatic carbocycles. The molecule has 2 heterocycles. The van der Waals surface area contributed by atoms with Gasteiger partial charge in [0.05, 0.1) is 11.2 Å². The van der Waals surface area contributed by atoms with Crippen LogP contribution in [0.15, 0.2) is 63.5 Å². The maximum Gasteiger partial charge on any atom is 0.336 e. The predicted octanol–water partition coefficient (Wildman–Crippen LogP) is 3.29. The van der Waals surface area contributed by atoms with Gasteiger partial charge in [-0.3, -0.25) is 14.2 Å². The van der Waals surface area contributed by atoms with Gasteiger partial charge in [0.15, 0.2) is 0 Å². The molecule has 158 valence electrons. The number of halogens is 1. The van der Waals surface area contributed by atoms with Gasteiger partial charge < -0.3 is 5.32 Å². The fraction of sp³-hybridized carbons (Fsp3) is 0.174. The molecule has 1 N–H and O–H groups in total. The number of nitrogens with zero attached hydrogens (tertiary/aromatic N) is 2. The third-order valence-electron chi connectivity index (χ3n) is 5.07. The van der Waals surface area contributed by atoms with Gasteiger partial charge in [-0.25, -0.2) is 13.8 Å². The smallest absolute Gasteiger partial charge is 0.336 e. The highest BCUT2D eigenvalue weighted by atomic mass is 32.1. The monoisotopic (exact) mass is 437 g/mol. The number of aromatic nitrogens is 2. The van der Waals surface area contributed by atoms with Crippen molar-refractivity contribution in [3.05, 3.63) is 97.3 Å². The van der Waals surface area contributed by atoms with E-state index in [-0.39, 0.29) is 12.5 Å². The number of rotatable bonds is 5. The number of hydrogen-bond donors (Lipinski definition) is 1. The summed E-state index contributed by atoms with van der Waals surface area (Å²) in [6.45, 7) is 3.70. The molecule has 0 atom stereocenters. The van der Waals surface area contributed by atoms with Gasteiger partial charge >= 0.3 is 5.69 Å². The van der Waals surface area contributed by atoms with E-state index in [2.05, 4.69) is 5.32 Å². The van der Waals surface area contributed by atoms with Crippen molar-refractivity contribution in [1.82, 2.24) is 14.5 Å². The highest BCUT2D eigenvalue weighted by Gasteiger charge is 2.18. The molecule has 0 unspecified atom stereocenters. The van der Waals surface area contributed by atoms with Crippen molar-refractivity contribution >= 4 is 27.5 Å². The number of carbonyl (C=O) groups excluding carboxylic acids is 1. The van der Waals surface area contributed by atoms with Crippen molar-refractivity contribution in [2.24, 2.45) is 0 Å². The fourth-order valence-electron chi connectivity index (χ4n) is 3.43. The highest BCUT2D eigenvalue weighted by Crippen LogP contribution is 2.18. The Morgan fingerprint density at radius 1 is 1.06 bits per heavy atom. The molecule has 0 saturated carbocycles. The van der Waals surface area contributed by atoms with Crippen LogP contribution >= 0.6 is 11.3 Å². The van der Waals surface area contributed by atoms with Crippen molar-refractivity contribution in [1.29, 1.82) is 0 Å². The number of carbonyl (C=O) groups is 1. The lowest BCUT2D eigenvalue weighted by Crippen LogP contribution is -2.41. The number of benzene rings is 2. The van der Waals surface area contributed by atoms with Gasteiger partial charge in [-0.2, -0.15) is 0 Å². The summed E-state index contributed by atoms with van der Waals surface area (Å²) >= 11 is 1.19. The molecular formula is C23H20FN3O3S. The van der Waals surface area contributed by atoms with E-state index in [1.165, 1.54) is 34.1 Å².